The minimum Gasteiger partial charge on any atom is -0.504 e. The molecule has 20 atom stereocenters. The average Bonchev–Trinajstić information content (AvgIpc) is 3.29. The van der Waals surface area contributed by atoms with E-state index in [0.29, 0.717) is 5.56 Å². The smallest absolute Gasteiger partial charge is 0.331 e. The van der Waals surface area contributed by atoms with Gasteiger partial charge in [-0.3, -0.25) is 0 Å². The molecule has 2 aromatic carbocycles. The van der Waals surface area contributed by atoms with Crippen LogP contribution in [0.4, 0.5) is 0 Å². The highest BCUT2D eigenvalue weighted by Crippen LogP contribution is 2.35. The van der Waals surface area contributed by atoms with Crippen molar-refractivity contribution >= 4 is 12.0 Å². The summed E-state index contributed by atoms with van der Waals surface area (Å²) in [5.74, 6) is -2.90. The SMILES string of the molecule is C[C@@H]1O[C@@H](O[C@H]2[C@H](OCCc3ccc(O)c(O)c3)O[C@H](CO[C@@H]3O[C@@H](CO)[C@@H](O[C@H]4O[C@@H](CO)[C@H](O)[C@H](O)[C@@H]4O)[C@@H](O)[C@H]3O)[C@H](O)[C@@H]2OC(=O)C=Cc2ccc(O)c(O)c2)[C@@H](O)[C@@H](O)[C@H]1O. The van der Waals surface area contributed by atoms with E-state index in [1.807, 2.05) is 0 Å². The number of aliphatic hydroxyl groups is 11. The van der Waals surface area contributed by atoms with Gasteiger partial charge in [-0.2, -0.15) is 0 Å². The summed E-state index contributed by atoms with van der Waals surface area (Å²) in [5.41, 5.74) is 0.684. The Hall–Kier alpha value is -3.91. The number of rotatable bonds is 16. The Morgan fingerprint density at radius 2 is 1.14 bits per heavy atom. The van der Waals surface area contributed by atoms with E-state index >= 15 is 0 Å². The summed E-state index contributed by atoms with van der Waals surface area (Å²) in [6.45, 7) is -1.38. The fourth-order valence-electron chi connectivity index (χ4n) is 7.60. The van der Waals surface area contributed by atoms with Crippen molar-refractivity contribution in [1.29, 1.82) is 0 Å². The van der Waals surface area contributed by atoms with Crippen molar-refractivity contribution in [2.45, 2.75) is 136 Å². The summed E-state index contributed by atoms with van der Waals surface area (Å²) in [6, 6.07) is 7.59. The predicted molar refractivity (Wildman–Crippen MR) is 212 cm³/mol. The van der Waals surface area contributed by atoms with Crippen LogP contribution in [-0.4, -0.2) is 232 Å². The van der Waals surface area contributed by atoms with Gasteiger partial charge in [-0.1, -0.05) is 12.1 Å². The van der Waals surface area contributed by atoms with Gasteiger partial charge in [0, 0.05) is 6.08 Å². The molecule has 0 spiro atoms. The third-order valence-electron chi connectivity index (χ3n) is 11.5. The number of hydrogen-bond acceptors (Lipinski definition) is 25. The molecule has 4 aliphatic rings. The van der Waals surface area contributed by atoms with Gasteiger partial charge in [-0.25, -0.2) is 4.79 Å². The minimum absolute atomic E-state index is 0.0379. The number of ether oxygens (including phenoxy) is 9. The monoisotopic (exact) mass is 948 g/mol. The van der Waals surface area contributed by atoms with Gasteiger partial charge in [-0.15, -0.1) is 0 Å². The fraction of sp³-hybridized carbons (Fsp3) is 0.634. The molecule has 0 unspecified atom stereocenters. The van der Waals surface area contributed by atoms with Crippen molar-refractivity contribution in [3.63, 3.8) is 0 Å². The normalized spacial score (nSPS) is 39.8. The van der Waals surface area contributed by atoms with Crippen LogP contribution in [0.3, 0.4) is 0 Å². The minimum atomic E-state index is -2.01. The topological polar surface area (TPSA) is 404 Å². The van der Waals surface area contributed by atoms with Gasteiger partial charge in [0.2, 0.25) is 0 Å². The molecule has 4 fully saturated rings. The number of hydrogen-bond donors (Lipinski definition) is 15. The Balaban J connectivity index is 1.24. The fourth-order valence-corrected chi connectivity index (χ4v) is 7.60. The van der Waals surface area contributed by atoms with Crippen molar-refractivity contribution in [3.05, 3.63) is 53.6 Å². The molecule has 0 aromatic heterocycles. The van der Waals surface area contributed by atoms with Gasteiger partial charge in [-0.05, 0) is 54.8 Å². The first-order valence-corrected chi connectivity index (χ1v) is 20.7. The molecule has 6 rings (SSSR count). The van der Waals surface area contributed by atoms with E-state index in [4.69, 9.17) is 42.6 Å². The summed E-state index contributed by atoms with van der Waals surface area (Å²) >= 11 is 0. The second-order valence-electron chi connectivity index (χ2n) is 16.1. The van der Waals surface area contributed by atoms with Crippen molar-refractivity contribution in [2.24, 2.45) is 0 Å². The second-order valence-corrected chi connectivity index (χ2v) is 16.1. The number of aromatic hydroxyl groups is 4. The largest absolute Gasteiger partial charge is 0.504 e. The molecule has 4 saturated heterocycles. The van der Waals surface area contributed by atoms with Gasteiger partial charge >= 0.3 is 5.97 Å². The summed E-state index contributed by atoms with van der Waals surface area (Å²) < 4.78 is 51.8. The molecule has 0 bridgehead atoms. The Labute approximate surface area is 374 Å². The lowest BCUT2D eigenvalue weighted by atomic mass is 9.96. The molecule has 4 heterocycles. The van der Waals surface area contributed by atoms with Gasteiger partial charge < -0.3 is 119 Å². The average molecular weight is 949 g/mol. The van der Waals surface area contributed by atoms with Crippen molar-refractivity contribution in [1.82, 2.24) is 0 Å². The predicted octanol–water partition coefficient (Wildman–Crippen LogP) is -5.37. The third kappa shape index (κ3) is 11.7. The molecular weight excluding hydrogens is 892 g/mol. The first-order valence-electron chi connectivity index (χ1n) is 20.7. The van der Waals surface area contributed by atoms with E-state index in [-0.39, 0.29) is 18.6 Å². The highest BCUT2D eigenvalue weighted by Gasteiger charge is 2.54. The Morgan fingerprint density at radius 3 is 1.79 bits per heavy atom. The third-order valence-corrected chi connectivity index (χ3v) is 11.5. The summed E-state index contributed by atoms with van der Waals surface area (Å²) in [7, 11) is 0. The summed E-state index contributed by atoms with van der Waals surface area (Å²) in [6.07, 6.45) is -32.7. The second kappa shape index (κ2) is 22.5. The van der Waals surface area contributed by atoms with E-state index in [1.54, 1.807) is 0 Å². The van der Waals surface area contributed by atoms with Crippen LogP contribution < -0.4 is 0 Å². The highest BCUT2D eigenvalue weighted by molar-refractivity contribution is 5.87. The maximum atomic E-state index is 13.4. The van der Waals surface area contributed by atoms with Crippen molar-refractivity contribution < 1.29 is 124 Å². The lowest BCUT2D eigenvalue weighted by Gasteiger charge is -2.47. The van der Waals surface area contributed by atoms with E-state index < -0.39 is 172 Å². The number of carbonyl (C=O) groups is 1. The standard InChI is InChI=1S/C41H56O25/c1-15-26(49)29(52)32(55)39(60-15)66-37-36(64-25(48)7-4-16-2-5-18(44)20(46)10-16)28(51)24(63-41(37)58-9-8-17-3-6-19(45)21(47)11-17)14-59-38-34(57)31(54)35(23(13-43)62-38)65-40-33(56)30(53)27(50)22(12-42)61-40/h2-7,10-11,15,22-24,26-47,49-57H,8-9,12-14H2,1H3/t15-,22-,23-,24+,26-,27-,28-,29-,30-,31-,32-,33-,34+,35+,36-,37+,38+,39-,40+,41+/m0/s1. The van der Waals surface area contributed by atoms with Crippen LogP contribution in [0.1, 0.15) is 18.1 Å². The molecule has 370 valence electrons. The van der Waals surface area contributed by atoms with Gasteiger partial charge in [0.05, 0.1) is 32.5 Å². The lowest BCUT2D eigenvalue weighted by molar-refractivity contribution is -0.375. The molecular formula is C41H56O25. The van der Waals surface area contributed by atoms with Crippen molar-refractivity contribution in [3.8, 4) is 23.0 Å². The summed E-state index contributed by atoms with van der Waals surface area (Å²) in [4.78, 5) is 13.4. The zero-order chi connectivity index (χ0) is 48.1. The zero-order valence-corrected chi connectivity index (χ0v) is 35.0. The lowest BCUT2D eigenvalue weighted by Crippen LogP contribution is -2.66. The molecule has 4 aliphatic heterocycles. The van der Waals surface area contributed by atoms with Crippen LogP contribution in [0.25, 0.3) is 6.08 Å². The molecule has 2 aromatic rings. The van der Waals surface area contributed by atoms with Gasteiger partial charge in [0.25, 0.3) is 0 Å². The van der Waals surface area contributed by atoms with Crippen LogP contribution in [-0.2, 0) is 53.8 Å². The van der Waals surface area contributed by atoms with Crippen LogP contribution in [0.15, 0.2) is 42.5 Å². The Bertz CT molecular complexity index is 1920. The maximum Gasteiger partial charge on any atom is 0.331 e. The number of phenolic OH excluding ortho intramolecular Hbond substituents is 4. The Kier molecular flexibility index (Phi) is 17.5. The molecule has 15 N–H and O–H groups in total. The molecule has 25 heteroatoms. The first-order chi connectivity index (χ1) is 31.3. The van der Waals surface area contributed by atoms with E-state index in [1.165, 1.54) is 37.3 Å². The molecule has 0 amide bonds. The number of esters is 1. The number of carbonyl (C=O) groups excluding carboxylic acids is 1. The van der Waals surface area contributed by atoms with Crippen LogP contribution in [0.5, 0.6) is 23.0 Å². The van der Waals surface area contributed by atoms with Crippen LogP contribution in [0, 0.1) is 0 Å². The Morgan fingerprint density at radius 1 is 0.561 bits per heavy atom. The number of phenols is 4. The zero-order valence-electron chi connectivity index (χ0n) is 35.0. The summed E-state index contributed by atoms with van der Waals surface area (Å²) in [5, 5.41) is 156. The van der Waals surface area contributed by atoms with E-state index in [9.17, 15) is 81.4 Å². The number of benzene rings is 2. The maximum absolute atomic E-state index is 13.4. The van der Waals surface area contributed by atoms with Gasteiger partial charge in [0.1, 0.15) is 79.4 Å². The van der Waals surface area contributed by atoms with Crippen LogP contribution in [0.2, 0.25) is 0 Å². The molecule has 0 saturated carbocycles. The quantitative estimate of drug-likeness (QED) is 0.0424. The van der Waals surface area contributed by atoms with E-state index in [2.05, 4.69) is 0 Å². The molecule has 66 heavy (non-hydrogen) atoms. The first kappa shape index (κ1) is 51.5. The van der Waals surface area contributed by atoms with Crippen molar-refractivity contribution in [2.75, 3.05) is 26.4 Å². The van der Waals surface area contributed by atoms with Gasteiger partial charge in [0.15, 0.2) is 60.4 Å². The highest BCUT2D eigenvalue weighted by atomic mass is 16.8. The molecule has 0 radical (unpaired) electrons. The van der Waals surface area contributed by atoms with E-state index in [0.717, 1.165) is 18.2 Å². The molecule has 0 aliphatic carbocycles. The van der Waals surface area contributed by atoms with Crippen LogP contribution >= 0.6 is 0 Å². The number of aliphatic hydroxyl groups excluding tert-OH is 11. The molecule has 25 nitrogen and oxygen atoms in total.